The summed E-state index contributed by atoms with van der Waals surface area (Å²) in [6, 6.07) is 5.26. The first-order valence-electron chi connectivity index (χ1n) is 6.99. The molecule has 100 valence electrons. The van der Waals surface area contributed by atoms with Crippen LogP contribution < -0.4 is 10.2 Å². The van der Waals surface area contributed by atoms with Crippen LogP contribution in [0, 0.1) is 0 Å². The van der Waals surface area contributed by atoms with E-state index in [1.807, 2.05) is 0 Å². The maximum absolute atomic E-state index is 4.37. The van der Waals surface area contributed by atoms with E-state index in [4.69, 9.17) is 0 Å². The van der Waals surface area contributed by atoms with Crippen LogP contribution in [0.15, 0.2) is 12.1 Å². The lowest BCUT2D eigenvalue weighted by Crippen LogP contribution is -2.38. The fourth-order valence-corrected chi connectivity index (χ4v) is 2.35. The largest absolute Gasteiger partial charge is 0.352 e. The van der Waals surface area contributed by atoms with Gasteiger partial charge >= 0.3 is 0 Å². The van der Waals surface area contributed by atoms with Crippen LogP contribution in [0.4, 0.5) is 5.82 Å². The molecule has 0 saturated carbocycles. The summed E-state index contributed by atoms with van der Waals surface area (Å²) in [5.74, 6) is 1.02. The first-order valence-corrected chi connectivity index (χ1v) is 6.99. The third-order valence-electron chi connectivity index (χ3n) is 3.49. The zero-order valence-corrected chi connectivity index (χ0v) is 11.7. The Balaban J connectivity index is 1.98. The van der Waals surface area contributed by atoms with Crippen LogP contribution >= 0.6 is 0 Å². The van der Waals surface area contributed by atoms with Crippen LogP contribution in [0.2, 0.25) is 0 Å². The molecule has 0 radical (unpaired) electrons. The van der Waals surface area contributed by atoms with Crippen LogP contribution in [0.3, 0.4) is 0 Å². The van der Waals surface area contributed by atoms with Gasteiger partial charge in [0, 0.05) is 25.2 Å². The Morgan fingerprint density at radius 1 is 1.33 bits per heavy atom. The highest BCUT2D eigenvalue weighted by molar-refractivity contribution is 5.39. The first-order chi connectivity index (χ1) is 8.66. The Kier molecular flexibility index (Phi) is 4.53. The summed E-state index contributed by atoms with van der Waals surface area (Å²) in [7, 11) is 0. The second kappa shape index (κ2) is 6.14. The molecule has 1 aliphatic rings. The van der Waals surface area contributed by atoms with Gasteiger partial charge in [0.05, 0.1) is 5.69 Å². The maximum Gasteiger partial charge on any atom is 0.151 e. The molecule has 0 aromatic carbocycles. The van der Waals surface area contributed by atoms with Crippen molar-refractivity contribution < 1.29 is 0 Å². The molecule has 1 aliphatic heterocycles. The van der Waals surface area contributed by atoms with Gasteiger partial charge in [-0.05, 0) is 38.3 Å². The predicted octanol–water partition coefficient (Wildman–Crippen LogP) is 2.35. The monoisotopic (exact) mass is 248 g/mol. The molecule has 1 atom stereocenters. The number of hydrogen-bond acceptors (Lipinski definition) is 4. The van der Waals surface area contributed by atoms with Crippen molar-refractivity contribution >= 4 is 5.82 Å². The molecule has 4 nitrogen and oxygen atoms in total. The third kappa shape index (κ3) is 3.42. The van der Waals surface area contributed by atoms with E-state index in [-0.39, 0.29) is 0 Å². The molecule has 4 heteroatoms. The molecule has 18 heavy (non-hydrogen) atoms. The van der Waals surface area contributed by atoms with E-state index in [1.165, 1.54) is 19.3 Å². The quantitative estimate of drug-likeness (QED) is 0.888. The second-order valence-electron chi connectivity index (χ2n) is 5.46. The zero-order valence-electron chi connectivity index (χ0n) is 11.7. The lowest BCUT2D eigenvalue weighted by molar-refractivity contribution is 0.479. The van der Waals surface area contributed by atoms with Gasteiger partial charge in [0.25, 0.3) is 0 Å². The standard InChI is InChI=1S/C14H24N4/c1-11(2)15-10-13-7-8-14(17-16-13)18-9-5-4-6-12(18)3/h7-8,11-12,15H,4-6,9-10H2,1-3H3. The minimum Gasteiger partial charge on any atom is -0.352 e. The van der Waals surface area contributed by atoms with E-state index in [0.29, 0.717) is 12.1 Å². The molecule has 2 heterocycles. The van der Waals surface area contributed by atoms with Gasteiger partial charge < -0.3 is 10.2 Å². The Bertz CT molecular complexity index is 361. The van der Waals surface area contributed by atoms with Crippen molar-refractivity contribution in [3.05, 3.63) is 17.8 Å². The SMILES string of the molecule is CC(C)NCc1ccc(N2CCCCC2C)nn1. The van der Waals surface area contributed by atoms with Crippen LogP contribution in [0.1, 0.15) is 45.7 Å². The molecule has 0 aliphatic carbocycles. The van der Waals surface area contributed by atoms with Gasteiger partial charge in [0.1, 0.15) is 0 Å². The Labute approximate surface area is 110 Å². The van der Waals surface area contributed by atoms with E-state index in [1.54, 1.807) is 0 Å². The minimum absolute atomic E-state index is 0.480. The summed E-state index contributed by atoms with van der Waals surface area (Å²) < 4.78 is 0. The van der Waals surface area contributed by atoms with Crippen LogP contribution in [-0.2, 0) is 6.54 Å². The first kappa shape index (κ1) is 13.3. The minimum atomic E-state index is 0.480. The lowest BCUT2D eigenvalue weighted by Gasteiger charge is -2.34. The van der Waals surface area contributed by atoms with Gasteiger partial charge in [-0.1, -0.05) is 13.8 Å². The molecule has 1 N–H and O–H groups in total. The van der Waals surface area contributed by atoms with Crippen LogP contribution in [-0.4, -0.2) is 28.8 Å². The molecule has 1 unspecified atom stereocenters. The fraction of sp³-hybridized carbons (Fsp3) is 0.714. The van der Waals surface area contributed by atoms with E-state index in [9.17, 15) is 0 Å². The predicted molar refractivity (Wildman–Crippen MR) is 74.7 cm³/mol. The van der Waals surface area contributed by atoms with Gasteiger partial charge in [-0.25, -0.2) is 0 Å². The summed E-state index contributed by atoms with van der Waals surface area (Å²) >= 11 is 0. The van der Waals surface area contributed by atoms with E-state index >= 15 is 0 Å². The summed E-state index contributed by atoms with van der Waals surface area (Å²) in [6.07, 6.45) is 3.86. The van der Waals surface area contributed by atoms with Gasteiger partial charge in [-0.15, -0.1) is 5.10 Å². The molecule has 1 aromatic rings. The second-order valence-corrected chi connectivity index (χ2v) is 5.46. The number of rotatable bonds is 4. The highest BCUT2D eigenvalue weighted by Crippen LogP contribution is 2.22. The number of piperidine rings is 1. The van der Waals surface area contributed by atoms with Crippen molar-refractivity contribution in [3.63, 3.8) is 0 Å². The normalized spacial score (nSPS) is 20.4. The van der Waals surface area contributed by atoms with E-state index in [2.05, 4.69) is 53.3 Å². The highest BCUT2D eigenvalue weighted by Gasteiger charge is 2.19. The summed E-state index contributed by atoms with van der Waals surface area (Å²) in [4.78, 5) is 2.37. The van der Waals surface area contributed by atoms with Gasteiger partial charge in [-0.3, -0.25) is 0 Å². The molecule has 1 saturated heterocycles. The van der Waals surface area contributed by atoms with Gasteiger partial charge in [-0.2, -0.15) is 5.10 Å². The number of hydrogen-bond donors (Lipinski definition) is 1. The fourth-order valence-electron chi connectivity index (χ4n) is 2.35. The molecule has 1 fully saturated rings. The lowest BCUT2D eigenvalue weighted by atomic mass is 10.0. The molecule has 2 rings (SSSR count). The molecule has 0 bridgehead atoms. The third-order valence-corrected chi connectivity index (χ3v) is 3.49. The van der Waals surface area contributed by atoms with Crippen LogP contribution in [0.5, 0.6) is 0 Å². The molecule has 0 spiro atoms. The smallest absolute Gasteiger partial charge is 0.151 e. The van der Waals surface area contributed by atoms with Crippen molar-refractivity contribution in [2.75, 3.05) is 11.4 Å². The summed E-state index contributed by atoms with van der Waals surface area (Å²) in [5.41, 5.74) is 1.01. The van der Waals surface area contributed by atoms with Crippen molar-refractivity contribution in [1.29, 1.82) is 0 Å². The summed E-state index contributed by atoms with van der Waals surface area (Å²) in [6.45, 7) is 8.45. The number of nitrogens with one attached hydrogen (secondary N) is 1. The van der Waals surface area contributed by atoms with E-state index < -0.39 is 0 Å². The number of anilines is 1. The van der Waals surface area contributed by atoms with E-state index in [0.717, 1.165) is 24.6 Å². The number of nitrogens with zero attached hydrogens (tertiary/aromatic N) is 3. The molecule has 1 aromatic heterocycles. The van der Waals surface area contributed by atoms with Gasteiger partial charge in [0.15, 0.2) is 5.82 Å². The molecular formula is C14H24N4. The molecule has 0 amide bonds. The van der Waals surface area contributed by atoms with Crippen molar-refractivity contribution in [1.82, 2.24) is 15.5 Å². The van der Waals surface area contributed by atoms with Gasteiger partial charge in [0.2, 0.25) is 0 Å². The van der Waals surface area contributed by atoms with Crippen LogP contribution in [0.25, 0.3) is 0 Å². The van der Waals surface area contributed by atoms with Crippen molar-refractivity contribution in [3.8, 4) is 0 Å². The average Bonchev–Trinajstić information content (AvgIpc) is 2.38. The van der Waals surface area contributed by atoms with Crippen molar-refractivity contribution in [2.45, 2.75) is 58.7 Å². The zero-order chi connectivity index (χ0) is 13.0. The molecular weight excluding hydrogens is 224 g/mol. The number of aromatic nitrogens is 2. The Hall–Kier alpha value is -1.16. The van der Waals surface area contributed by atoms with Crippen molar-refractivity contribution in [2.24, 2.45) is 0 Å². The Morgan fingerprint density at radius 3 is 2.78 bits per heavy atom. The Morgan fingerprint density at radius 2 is 2.17 bits per heavy atom. The maximum atomic E-state index is 4.37. The topological polar surface area (TPSA) is 41.0 Å². The highest BCUT2D eigenvalue weighted by atomic mass is 15.3. The summed E-state index contributed by atoms with van der Waals surface area (Å²) in [5, 5.41) is 12.0. The average molecular weight is 248 g/mol.